The summed E-state index contributed by atoms with van der Waals surface area (Å²) in [4.78, 5) is 0. The maximum absolute atomic E-state index is 6.47. The van der Waals surface area contributed by atoms with E-state index in [9.17, 15) is 0 Å². The highest BCUT2D eigenvalue weighted by Crippen LogP contribution is 2.35. The Morgan fingerprint density at radius 1 is 1.20 bits per heavy atom. The molecular weight excluding hydrogens is 385 g/mol. The van der Waals surface area contributed by atoms with Crippen LogP contribution in [0.25, 0.3) is 0 Å². The fourth-order valence-electron chi connectivity index (χ4n) is 2.42. The number of methoxy groups -OCH3 is 1. The molecule has 2 N–H and O–H groups in total. The van der Waals surface area contributed by atoms with Gasteiger partial charge < -0.3 is 10.5 Å². The molecule has 0 fully saturated rings. The van der Waals surface area contributed by atoms with Crippen LogP contribution in [0.1, 0.15) is 28.3 Å². The lowest BCUT2D eigenvalue weighted by molar-refractivity contribution is 0.407. The zero-order valence-corrected chi connectivity index (χ0v) is 14.6. The van der Waals surface area contributed by atoms with E-state index < -0.39 is 0 Å². The van der Waals surface area contributed by atoms with Crippen LogP contribution in [0.2, 0.25) is 5.02 Å². The summed E-state index contributed by atoms with van der Waals surface area (Å²) in [5, 5.41) is 0.694. The van der Waals surface area contributed by atoms with Crippen LogP contribution < -0.4 is 10.5 Å². The van der Waals surface area contributed by atoms with E-state index in [1.165, 1.54) is 0 Å². The molecule has 2 rings (SSSR count). The molecule has 4 heteroatoms. The molecule has 0 spiro atoms. The maximum atomic E-state index is 6.47. The highest BCUT2D eigenvalue weighted by molar-refractivity contribution is 14.1. The van der Waals surface area contributed by atoms with Gasteiger partial charge in [0.05, 0.1) is 13.2 Å². The number of aryl methyl sites for hydroxylation is 2. The fourth-order valence-corrected chi connectivity index (χ4v) is 3.27. The molecule has 0 aliphatic rings. The summed E-state index contributed by atoms with van der Waals surface area (Å²) in [6, 6.07) is 9.66. The Morgan fingerprint density at radius 2 is 1.90 bits per heavy atom. The molecule has 0 saturated heterocycles. The van der Waals surface area contributed by atoms with Crippen molar-refractivity contribution in [2.75, 3.05) is 7.11 Å². The van der Waals surface area contributed by atoms with Crippen LogP contribution in [0, 0.1) is 17.4 Å². The van der Waals surface area contributed by atoms with Crippen LogP contribution in [0.5, 0.6) is 5.75 Å². The minimum absolute atomic E-state index is 0.254. The van der Waals surface area contributed by atoms with Crippen LogP contribution in [-0.4, -0.2) is 7.11 Å². The predicted octanol–water partition coefficient (Wildman–Crippen LogP) is 4.62. The Morgan fingerprint density at radius 3 is 2.55 bits per heavy atom. The quantitative estimate of drug-likeness (QED) is 0.762. The molecule has 2 aromatic rings. The van der Waals surface area contributed by atoms with Gasteiger partial charge >= 0.3 is 0 Å². The van der Waals surface area contributed by atoms with Gasteiger partial charge in [0.25, 0.3) is 0 Å². The maximum Gasteiger partial charge on any atom is 0.124 e. The van der Waals surface area contributed by atoms with E-state index >= 15 is 0 Å². The zero-order valence-electron chi connectivity index (χ0n) is 11.7. The topological polar surface area (TPSA) is 35.2 Å². The molecule has 106 valence electrons. The van der Waals surface area contributed by atoms with E-state index in [0.717, 1.165) is 31.6 Å². The first kappa shape index (κ1) is 15.6. The van der Waals surface area contributed by atoms with Crippen LogP contribution in [0.15, 0.2) is 30.3 Å². The largest absolute Gasteiger partial charge is 0.496 e. The lowest BCUT2D eigenvalue weighted by Gasteiger charge is -2.20. The Balaban J connectivity index is 2.58. The normalized spacial score (nSPS) is 12.3. The summed E-state index contributed by atoms with van der Waals surface area (Å²) in [5.41, 5.74) is 10.8. The van der Waals surface area contributed by atoms with Gasteiger partial charge in [-0.1, -0.05) is 17.7 Å². The highest BCUT2D eigenvalue weighted by Gasteiger charge is 2.19. The molecule has 1 unspecified atom stereocenters. The zero-order chi connectivity index (χ0) is 14.9. The molecule has 0 aliphatic heterocycles. The molecule has 0 saturated carbocycles. The molecular formula is C16H17ClINO. The van der Waals surface area contributed by atoms with Gasteiger partial charge in [0, 0.05) is 14.2 Å². The molecule has 0 radical (unpaired) electrons. The van der Waals surface area contributed by atoms with Gasteiger partial charge in [-0.2, -0.15) is 0 Å². The minimum Gasteiger partial charge on any atom is -0.496 e. The summed E-state index contributed by atoms with van der Waals surface area (Å²) in [6.45, 7) is 4.11. The number of hydrogen-bond acceptors (Lipinski definition) is 2. The third-order valence-corrected chi connectivity index (χ3v) is 4.53. The summed E-state index contributed by atoms with van der Waals surface area (Å²) in [5.74, 6) is 0.825. The number of benzene rings is 2. The molecule has 0 heterocycles. The van der Waals surface area contributed by atoms with Crippen molar-refractivity contribution in [3.8, 4) is 5.75 Å². The average Bonchev–Trinajstić information content (AvgIpc) is 2.40. The summed E-state index contributed by atoms with van der Waals surface area (Å²) >= 11 is 8.38. The second-order valence-corrected chi connectivity index (χ2v) is 6.44. The molecule has 2 aromatic carbocycles. The van der Waals surface area contributed by atoms with Crippen molar-refractivity contribution < 1.29 is 4.74 Å². The molecule has 20 heavy (non-hydrogen) atoms. The Labute approximate surface area is 138 Å². The first-order valence-corrected chi connectivity index (χ1v) is 7.75. The van der Waals surface area contributed by atoms with E-state index in [-0.39, 0.29) is 6.04 Å². The minimum atomic E-state index is -0.254. The van der Waals surface area contributed by atoms with Crippen molar-refractivity contribution in [2.24, 2.45) is 5.73 Å². The predicted molar refractivity (Wildman–Crippen MR) is 92.7 cm³/mol. The van der Waals surface area contributed by atoms with Gasteiger partial charge in [-0.05, 0) is 77.4 Å². The first-order chi connectivity index (χ1) is 9.43. The van der Waals surface area contributed by atoms with E-state index in [4.69, 9.17) is 22.1 Å². The van der Waals surface area contributed by atoms with E-state index in [0.29, 0.717) is 5.02 Å². The summed E-state index contributed by atoms with van der Waals surface area (Å²) in [6.07, 6.45) is 0. The smallest absolute Gasteiger partial charge is 0.124 e. The second kappa shape index (κ2) is 6.33. The van der Waals surface area contributed by atoms with E-state index in [2.05, 4.69) is 35.6 Å². The molecule has 0 bridgehead atoms. The molecule has 0 aliphatic carbocycles. The number of halogens is 2. The van der Waals surface area contributed by atoms with Gasteiger partial charge in [0.1, 0.15) is 5.75 Å². The third kappa shape index (κ3) is 3.10. The van der Waals surface area contributed by atoms with Crippen molar-refractivity contribution in [1.29, 1.82) is 0 Å². The SMILES string of the molecule is COc1cc(C)cc(C)c1C(N)c1cc(Cl)ccc1I. The molecule has 0 amide bonds. The van der Waals surface area contributed by atoms with Crippen LogP contribution in [0.3, 0.4) is 0 Å². The van der Waals surface area contributed by atoms with Crippen molar-refractivity contribution in [2.45, 2.75) is 19.9 Å². The number of nitrogens with two attached hydrogens (primary N) is 1. The third-order valence-electron chi connectivity index (χ3n) is 3.32. The van der Waals surface area contributed by atoms with E-state index in [1.807, 2.05) is 31.2 Å². The molecule has 0 aromatic heterocycles. The Kier molecular flexibility index (Phi) is 4.94. The van der Waals surface area contributed by atoms with Gasteiger partial charge in [0.15, 0.2) is 0 Å². The van der Waals surface area contributed by atoms with Crippen molar-refractivity contribution >= 4 is 34.2 Å². The van der Waals surface area contributed by atoms with Crippen molar-refractivity contribution in [3.63, 3.8) is 0 Å². The van der Waals surface area contributed by atoms with Crippen LogP contribution in [-0.2, 0) is 0 Å². The Hall–Kier alpha value is -0.780. The molecule has 1 atom stereocenters. The number of ether oxygens (including phenoxy) is 1. The second-order valence-electron chi connectivity index (χ2n) is 4.84. The summed E-state index contributed by atoms with van der Waals surface area (Å²) < 4.78 is 6.60. The lowest BCUT2D eigenvalue weighted by Crippen LogP contribution is -2.16. The Bertz CT molecular complexity index is 643. The first-order valence-electron chi connectivity index (χ1n) is 6.29. The van der Waals surface area contributed by atoms with Gasteiger partial charge in [-0.25, -0.2) is 0 Å². The standard InChI is InChI=1S/C16H17ClINO/c1-9-6-10(2)15(14(7-9)20-3)16(19)12-8-11(17)4-5-13(12)18/h4-8,16H,19H2,1-3H3. The van der Waals surface area contributed by atoms with Crippen molar-refractivity contribution in [1.82, 2.24) is 0 Å². The lowest BCUT2D eigenvalue weighted by atomic mass is 9.93. The number of rotatable bonds is 3. The van der Waals surface area contributed by atoms with Crippen molar-refractivity contribution in [3.05, 3.63) is 61.2 Å². The fraction of sp³-hybridized carbons (Fsp3) is 0.250. The van der Waals surface area contributed by atoms with Crippen LogP contribution >= 0.6 is 34.2 Å². The highest BCUT2D eigenvalue weighted by atomic mass is 127. The summed E-state index contributed by atoms with van der Waals surface area (Å²) in [7, 11) is 1.67. The van der Waals surface area contributed by atoms with Gasteiger partial charge in [-0.15, -0.1) is 0 Å². The molecule has 2 nitrogen and oxygen atoms in total. The van der Waals surface area contributed by atoms with Crippen LogP contribution in [0.4, 0.5) is 0 Å². The van der Waals surface area contributed by atoms with Gasteiger partial charge in [0.2, 0.25) is 0 Å². The number of hydrogen-bond donors (Lipinski definition) is 1. The van der Waals surface area contributed by atoms with E-state index in [1.54, 1.807) is 7.11 Å². The average molecular weight is 402 g/mol. The monoisotopic (exact) mass is 401 g/mol. The van der Waals surface area contributed by atoms with Gasteiger partial charge in [-0.3, -0.25) is 0 Å².